The Labute approximate surface area is 179 Å². The van der Waals surface area contributed by atoms with E-state index in [4.69, 9.17) is 0 Å². The Bertz CT molecular complexity index is 1140. The predicted octanol–water partition coefficient (Wildman–Crippen LogP) is 3.55. The molecule has 31 heavy (non-hydrogen) atoms. The first-order valence-corrected chi connectivity index (χ1v) is 10.6. The van der Waals surface area contributed by atoms with Gasteiger partial charge in [-0.3, -0.25) is 14.7 Å². The minimum atomic E-state index is -0.379. The number of aryl methyl sites for hydroxylation is 1. The number of hydrogen-bond donors (Lipinski definition) is 2. The SMILES string of the molecule is O=C(NC1CCCc2ccccc21)c1n[nH]c2c1CN(C(=O)c1ccc(F)cc1)CC2. The van der Waals surface area contributed by atoms with E-state index in [1.54, 1.807) is 4.90 Å². The van der Waals surface area contributed by atoms with Gasteiger partial charge in [0.1, 0.15) is 5.82 Å². The lowest BCUT2D eigenvalue weighted by atomic mass is 9.87. The molecule has 0 bridgehead atoms. The van der Waals surface area contributed by atoms with Crippen LogP contribution >= 0.6 is 0 Å². The van der Waals surface area contributed by atoms with Crippen molar-refractivity contribution in [2.24, 2.45) is 0 Å². The van der Waals surface area contributed by atoms with Crippen LogP contribution in [0.25, 0.3) is 0 Å². The molecule has 7 heteroatoms. The molecule has 1 atom stereocenters. The van der Waals surface area contributed by atoms with Crippen LogP contribution in [0.3, 0.4) is 0 Å². The summed E-state index contributed by atoms with van der Waals surface area (Å²) in [4.78, 5) is 27.6. The molecule has 0 spiro atoms. The highest BCUT2D eigenvalue weighted by Gasteiger charge is 2.30. The zero-order valence-corrected chi connectivity index (χ0v) is 17.0. The molecule has 2 amide bonds. The molecule has 1 aromatic heterocycles. The highest BCUT2D eigenvalue weighted by molar-refractivity contribution is 5.96. The molecule has 1 aliphatic carbocycles. The van der Waals surface area contributed by atoms with Crippen molar-refractivity contribution in [2.75, 3.05) is 6.54 Å². The van der Waals surface area contributed by atoms with E-state index in [9.17, 15) is 14.0 Å². The molecule has 2 N–H and O–H groups in total. The number of fused-ring (bicyclic) bond motifs is 2. The van der Waals surface area contributed by atoms with E-state index in [2.05, 4.69) is 27.6 Å². The number of benzene rings is 2. The van der Waals surface area contributed by atoms with E-state index < -0.39 is 0 Å². The zero-order chi connectivity index (χ0) is 21.4. The molecule has 0 radical (unpaired) electrons. The minimum absolute atomic E-state index is 0.0367. The van der Waals surface area contributed by atoms with Gasteiger partial charge >= 0.3 is 0 Å². The molecule has 2 aromatic carbocycles. The summed E-state index contributed by atoms with van der Waals surface area (Å²) in [7, 11) is 0. The van der Waals surface area contributed by atoms with E-state index in [1.807, 2.05) is 12.1 Å². The Hall–Kier alpha value is -3.48. The number of rotatable bonds is 3. The Morgan fingerprint density at radius 1 is 1.10 bits per heavy atom. The first-order chi connectivity index (χ1) is 15.1. The van der Waals surface area contributed by atoms with E-state index in [1.165, 1.54) is 35.4 Å². The third-order valence-corrected chi connectivity index (χ3v) is 6.20. The number of carbonyl (C=O) groups is 2. The van der Waals surface area contributed by atoms with E-state index in [0.717, 1.165) is 30.5 Å². The molecule has 5 rings (SSSR count). The highest BCUT2D eigenvalue weighted by atomic mass is 19.1. The van der Waals surface area contributed by atoms with Crippen molar-refractivity contribution in [3.05, 3.63) is 88.0 Å². The van der Waals surface area contributed by atoms with Gasteiger partial charge in [0.15, 0.2) is 5.69 Å². The quantitative estimate of drug-likeness (QED) is 0.683. The Kier molecular flexibility index (Phi) is 5.02. The molecule has 1 aliphatic heterocycles. The molecule has 2 aliphatic rings. The average molecular weight is 418 g/mol. The largest absolute Gasteiger partial charge is 0.344 e. The van der Waals surface area contributed by atoms with Gasteiger partial charge in [0.25, 0.3) is 11.8 Å². The molecule has 3 aromatic rings. The van der Waals surface area contributed by atoms with Crippen molar-refractivity contribution in [1.82, 2.24) is 20.4 Å². The maximum absolute atomic E-state index is 13.2. The van der Waals surface area contributed by atoms with Crippen LogP contribution in [0, 0.1) is 5.82 Å². The molecule has 0 fully saturated rings. The first-order valence-electron chi connectivity index (χ1n) is 10.6. The summed E-state index contributed by atoms with van der Waals surface area (Å²) in [6, 6.07) is 13.7. The van der Waals surface area contributed by atoms with Crippen molar-refractivity contribution in [3.8, 4) is 0 Å². The Balaban J connectivity index is 1.34. The predicted molar refractivity (Wildman–Crippen MR) is 113 cm³/mol. The summed E-state index contributed by atoms with van der Waals surface area (Å²) in [5, 5.41) is 10.4. The van der Waals surface area contributed by atoms with Gasteiger partial charge in [-0.05, 0) is 54.7 Å². The van der Waals surface area contributed by atoms with Gasteiger partial charge in [-0.25, -0.2) is 4.39 Å². The number of aromatic amines is 1. The molecule has 6 nitrogen and oxygen atoms in total. The van der Waals surface area contributed by atoms with Crippen molar-refractivity contribution < 1.29 is 14.0 Å². The lowest BCUT2D eigenvalue weighted by Crippen LogP contribution is -2.37. The lowest BCUT2D eigenvalue weighted by molar-refractivity contribution is 0.0731. The molecule has 158 valence electrons. The third kappa shape index (κ3) is 3.71. The third-order valence-electron chi connectivity index (χ3n) is 6.20. The van der Waals surface area contributed by atoms with Crippen molar-refractivity contribution in [2.45, 2.75) is 38.3 Å². The number of nitrogens with zero attached hydrogens (tertiary/aromatic N) is 2. The summed E-state index contributed by atoms with van der Waals surface area (Å²) in [6.45, 7) is 0.814. The van der Waals surface area contributed by atoms with Crippen LogP contribution < -0.4 is 5.32 Å². The van der Waals surface area contributed by atoms with Gasteiger partial charge in [0, 0.05) is 29.8 Å². The van der Waals surface area contributed by atoms with Gasteiger partial charge in [0.05, 0.1) is 12.6 Å². The van der Waals surface area contributed by atoms with Crippen LogP contribution in [0.1, 0.15) is 62.1 Å². The number of nitrogens with one attached hydrogen (secondary N) is 2. The van der Waals surface area contributed by atoms with Crippen LogP contribution in [-0.4, -0.2) is 33.5 Å². The fourth-order valence-corrected chi connectivity index (χ4v) is 4.56. The van der Waals surface area contributed by atoms with E-state index in [0.29, 0.717) is 30.8 Å². The second kappa shape index (κ2) is 7.98. The monoisotopic (exact) mass is 418 g/mol. The van der Waals surface area contributed by atoms with Gasteiger partial charge in [0.2, 0.25) is 0 Å². The normalized spacial score (nSPS) is 17.6. The van der Waals surface area contributed by atoms with Gasteiger partial charge < -0.3 is 10.2 Å². The van der Waals surface area contributed by atoms with E-state index >= 15 is 0 Å². The first kappa shape index (κ1) is 19.5. The molecule has 2 heterocycles. The highest BCUT2D eigenvalue weighted by Crippen LogP contribution is 2.30. The number of hydrogen-bond acceptors (Lipinski definition) is 3. The molecule has 1 unspecified atom stereocenters. The van der Waals surface area contributed by atoms with Crippen LogP contribution in [0.2, 0.25) is 0 Å². The number of aromatic nitrogens is 2. The van der Waals surface area contributed by atoms with Gasteiger partial charge in [-0.1, -0.05) is 24.3 Å². The lowest BCUT2D eigenvalue weighted by Gasteiger charge is -2.28. The minimum Gasteiger partial charge on any atom is -0.344 e. The number of carbonyl (C=O) groups excluding carboxylic acids is 2. The summed E-state index contributed by atoms with van der Waals surface area (Å²) < 4.78 is 13.2. The van der Waals surface area contributed by atoms with Crippen LogP contribution in [0.5, 0.6) is 0 Å². The number of amides is 2. The van der Waals surface area contributed by atoms with Crippen LogP contribution in [0.4, 0.5) is 4.39 Å². The summed E-state index contributed by atoms with van der Waals surface area (Å²) in [5.41, 5.74) is 4.85. The summed E-state index contributed by atoms with van der Waals surface area (Å²) >= 11 is 0. The fraction of sp³-hybridized carbons (Fsp3) is 0.292. The maximum Gasteiger partial charge on any atom is 0.272 e. The second-order valence-corrected chi connectivity index (χ2v) is 8.13. The van der Waals surface area contributed by atoms with Crippen LogP contribution in [0.15, 0.2) is 48.5 Å². The summed E-state index contributed by atoms with van der Waals surface area (Å²) in [5.74, 6) is -0.787. The molecular formula is C24H23FN4O2. The van der Waals surface area contributed by atoms with Crippen LogP contribution in [-0.2, 0) is 19.4 Å². The molecular weight excluding hydrogens is 395 g/mol. The number of H-pyrrole nitrogens is 1. The fourth-order valence-electron chi connectivity index (χ4n) is 4.56. The second-order valence-electron chi connectivity index (χ2n) is 8.13. The maximum atomic E-state index is 13.2. The number of halogens is 1. The molecule has 0 saturated carbocycles. The zero-order valence-electron chi connectivity index (χ0n) is 17.0. The smallest absolute Gasteiger partial charge is 0.272 e. The average Bonchev–Trinajstić information content (AvgIpc) is 3.23. The van der Waals surface area contributed by atoms with Gasteiger partial charge in [-0.15, -0.1) is 0 Å². The Morgan fingerprint density at radius 3 is 2.74 bits per heavy atom. The van der Waals surface area contributed by atoms with E-state index in [-0.39, 0.29) is 23.7 Å². The topological polar surface area (TPSA) is 78.1 Å². The Morgan fingerprint density at radius 2 is 1.90 bits per heavy atom. The molecule has 0 saturated heterocycles. The van der Waals surface area contributed by atoms with Gasteiger partial charge in [-0.2, -0.15) is 5.10 Å². The standard InChI is InChI=1S/C24H23FN4O2/c25-17-10-8-16(9-11-17)24(31)29-13-12-21-19(14-29)22(28-27-21)23(30)26-20-7-3-5-15-4-1-2-6-18(15)20/h1-2,4,6,8-11,20H,3,5,7,12-14H2,(H,26,30)(H,27,28). The van der Waals surface area contributed by atoms with Crippen molar-refractivity contribution in [1.29, 1.82) is 0 Å². The van der Waals surface area contributed by atoms with Crippen molar-refractivity contribution >= 4 is 11.8 Å². The summed E-state index contributed by atoms with van der Waals surface area (Å²) in [6.07, 6.45) is 3.54. The van der Waals surface area contributed by atoms with Crippen molar-refractivity contribution in [3.63, 3.8) is 0 Å².